The molecule has 1 aliphatic heterocycles. The third-order valence-corrected chi connectivity index (χ3v) is 5.08. The maximum Gasteiger partial charge on any atom is 0.314 e. The first kappa shape index (κ1) is 24.2. The lowest BCUT2D eigenvalue weighted by Crippen LogP contribution is -2.46. The smallest absolute Gasteiger partial charge is 0.314 e. The Morgan fingerprint density at radius 3 is 2.33 bits per heavy atom. The van der Waals surface area contributed by atoms with Gasteiger partial charge in [0.1, 0.15) is 17.9 Å². The molecule has 0 radical (unpaired) electrons. The molecular formula is C20H29N7O6. The number of ether oxygens (including phenoxy) is 3. The average molecular weight is 463 g/mol. The van der Waals surface area contributed by atoms with Gasteiger partial charge in [0.05, 0.1) is 18.2 Å². The van der Waals surface area contributed by atoms with Gasteiger partial charge in [-0.2, -0.15) is 0 Å². The first-order valence-corrected chi connectivity index (χ1v) is 10.6. The number of carbonyl (C=O) groups is 3. The molecule has 0 aromatic carbocycles. The van der Waals surface area contributed by atoms with E-state index in [1.165, 1.54) is 19.7 Å². The molecule has 0 saturated carbocycles. The number of anilines is 1. The monoisotopic (exact) mass is 463 g/mol. The highest BCUT2D eigenvalue weighted by molar-refractivity contribution is 5.81. The molecule has 0 unspecified atom stereocenters. The van der Waals surface area contributed by atoms with E-state index >= 15 is 0 Å². The standard InChI is InChI=1S/C20H29N7O6/c1-9(2)18(28)32-13-11(6-23-20(30)22-5)31-17(14(13)33-19(29)10(3)4)27-8-26-12-15(21)24-7-25-16(12)27/h7-11,13-14,17H,6H2,1-5H3,(H2,21,24,25)(H2,22,23,30)/t11-,13-,14-,17-/m1/s1. The summed E-state index contributed by atoms with van der Waals surface area (Å²) in [7, 11) is 1.47. The highest BCUT2D eigenvalue weighted by Crippen LogP contribution is 2.36. The predicted molar refractivity (Wildman–Crippen MR) is 116 cm³/mol. The van der Waals surface area contributed by atoms with Crippen LogP contribution >= 0.6 is 0 Å². The zero-order valence-corrected chi connectivity index (χ0v) is 19.1. The van der Waals surface area contributed by atoms with E-state index in [9.17, 15) is 14.4 Å². The Bertz CT molecular complexity index is 1020. The number of esters is 2. The summed E-state index contributed by atoms with van der Waals surface area (Å²) < 4.78 is 19.2. The van der Waals surface area contributed by atoms with Crippen LogP contribution in [-0.4, -0.2) is 69.4 Å². The second-order valence-electron chi connectivity index (χ2n) is 8.22. The summed E-state index contributed by atoms with van der Waals surface area (Å²) in [6, 6.07) is -0.444. The Labute approximate surface area is 190 Å². The molecule has 2 aromatic rings. The lowest BCUT2D eigenvalue weighted by atomic mass is 10.1. The maximum absolute atomic E-state index is 12.5. The molecule has 13 nitrogen and oxygen atoms in total. The van der Waals surface area contributed by atoms with Gasteiger partial charge in [-0.15, -0.1) is 0 Å². The molecule has 0 aliphatic carbocycles. The fourth-order valence-electron chi connectivity index (χ4n) is 3.24. The van der Waals surface area contributed by atoms with Crippen molar-refractivity contribution < 1.29 is 28.6 Å². The second-order valence-corrected chi connectivity index (χ2v) is 8.22. The SMILES string of the molecule is CNC(=O)NC[C@H]1O[C@@H](n2cnc3c(N)ncnc32)[C@H](OC(=O)C(C)C)[C@@H]1OC(=O)C(C)C. The molecule has 4 N–H and O–H groups in total. The van der Waals surface area contributed by atoms with Gasteiger partial charge in [0.15, 0.2) is 29.9 Å². The number of fused-ring (bicyclic) bond motifs is 1. The molecule has 0 spiro atoms. The molecule has 1 fully saturated rings. The van der Waals surface area contributed by atoms with E-state index in [0.29, 0.717) is 11.2 Å². The van der Waals surface area contributed by atoms with Crippen LogP contribution in [0.2, 0.25) is 0 Å². The molecule has 2 amide bonds. The fourth-order valence-corrected chi connectivity index (χ4v) is 3.24. The van der Waals surface area contributed by atoms with Crippen LogP contribution in [0.1, 0.15) is 33.9 Å². The summed E-state index contributed by atoms with van der Waals surface area (Å²) in [5.41, 5.74) is 6.60. The van der Waals surface area contributed by atoms with Gasteiger partial charge < -0.3 is 30.6 Å². The van der Waals surface area contributed by atoms with Gasteiger partial charge in [0.2, 0.25) is 0 Å². The number of carbonyl (C=O) groups excluding carboxylic acids is 3. The summed E-state index contributed by atoms with van der Waals surface area (Å²) in [6.45, 7) is 6.74. The number of nitrogen functional groups attached to an aromatic ring is 1. The summed E-state index contributed by atoms with van der Waals surface area (Å²) in [5, 5.41) is 5.08. The molecule has 0 bridgehead atoms. The van der Waals surface area contributed by atoms with Crippen LogP contribution in [0.25, 0.3) is 11.2 Å². The molecule has 3 heterocycles. The maximum atomic E-state index is 12.5. The Morgan fingerprint density at radius 1 is 1.09 bits per heavy atom. The van der Waals surface area contributed by atoms with Crippen molar-refractivity contribution in [1.29, 1.82) is 0 Å². The van der Waals surface area contributed by atoms with Gasteiger partial charge in [0.25, 0.3) is 0 Å². The lowest BCUT2D eigenvalue weighted by Gasteiger charge is -2.26. The summed E-state index contributed by atoms with van der Waals surface area (Å²) in [5.74, 6) is -1.69. The van der Waals surface area contributed by atoms with E-state index in [-0.39, 0.29) is 12.4 Å². The van der Waals surface area contributed by atoms with Crippen molar-refractivity contribution in [2.24, 2.45) is 11.8 Å². The minimum atomic E-state index is -1.03. The highest BCUT2D eigenvalue weighted by atomic mass is 16.6. The van der Waals surface area contributed by atoms with Gasteiger partial charge in [-0.3, -0.25) is 14.2 Å². The quantitative estimate of drug-likeness (QED) is 0.487. The molecular weight excluding hydrogens is 434 g/mol. The topological polar surface area (TPSA) is 173 Å². The molecule has 4 atom stereocenters. The zero-order chi connectivity index (χ0) is 24.3. The molecule has 2 aromatic heterocycles. The van der Waals surface area contributed by atoms with Crippen LogP contribution in [0.4, 0.5) is 10.6 Å². The summed E-state index contributed by atoms with van der Waals surface area (Å²) in [6.07, 6.45) is -1.09. The number of rotatable bonds is 7. The number of imidazole rings is 1. The van der Waals surface area contributed by atoms with Crippen LogP contribution in [0.15, 0.2) is 12.7 Å². The van der Waals surface area contributed by atoms with E-state index in [0.717, 1.165) is 0 Å². The largest absolute Gasteiger partial charge is 0.455 e. The van der Waals surface area contributed by atoms with Crippen molar-refractivity contribution in [3.05, 3.63) is 12.7 Å². The van der Waals surface area contributed by atoms with Crippen molar-refractivity contribution in [2.75, 3.05) is 19.3 Å². The molecule has 1 saturated heterocycles. The van der Waals surface area contributed by atoms with Crippen LogP contribution in [-0.2, 0) is 23.8 Å². The average Bonchev–Trinajstić information content (AvgIpc) is 3.34. The molecule has 3 rings (SSSR count). The van der Waals surface area contributed by atoms with Crippen LogP contribution in [0.3, 0.4) is 0 Å². The third-order valence-electron chi connectivity index (χ3n) is 5.08. The summed E-state index contributed by atoms with van der Waals surface area (Å²) in [4.78, 5) is 49.2. The normalized spacial score (nSPS) is 22.5. The first-order chi connectivity index (χ1) is 15.6. The third kappa shape index (κ3) is 5.13. The van der Waals surface area contributed by atoms with Gasteiger partial charge in [-0.05, 0) is 0 Å². The number of hydrogen-bond donors (Lipinski definition) is 3. The number of hydrogen-bond acceptors (Lipinski definition) is 10. The van der Waals surface area contributed by atoms with Crippen LogP contribution in [0.5, 0.6) is 0 Å². The number of nitrogens with two attached hydrogens (primary N) is 1. The van der Waals surface area contributed by atoms with E-state index < -0.39 is 54.3 Å². The van der Waals surface area contributed by atoms with E-state index in [1.807, 2.05) is 0 Å². The van der Waals surface area contributed by atoms with Crippen molar-refractivity contribution in [2.45, 2.75) is 52.2 Å². The minimum absolute atomic E-state index is 0.00824. The van der Waals surface area contributed by atoms with E-state index in [1.54, 1.807) is 32.3 Å². The van der Waals surface area contributed by atoms with E-state index in [4.69, 9.17) is 19.9 Å². The Balaban J connectivity index is 2.02. The van der Waals surface area contributed by atoms with Crippen LogP contribution < -0.4 is 16.4 Å². The first-order valence-electron chi connectivity index (χ1n) is 10.6. The Morgan fingerprint density at radius 2 is 1.73 bits per heavy atom. The Hall–Kier alpha value is -3.48. The molecule has 1 aliphatic rings. The fraction of sp³-hybridized carbons (Fsp3) is 0.600. The predicted octanol–water partition coefficient (Wildman–Crippen LogP) is 0.371. The zero-order valence-electron chi connectivity index (χ0n) is 19.1. The van der Waals surface area contributed by atoms with Crippen LogP contribution in [0, 0.1) is 11.8 Å². The van der Waals surface area contributed by atoms with Crippen molar-refractivity contribution in [3.8, 4) is 0 Å². The van der Waals surface area contributed by atoms with Gasteiger partial charge in [-0.25, -0.2) is 19.7 Å². The number of aromatic nitrogens is 4. The van der Waals surface area contributed by atoms with Crippen molar-refractivity contribution >= 4 is 35.0 Å². The highest BCUT2D eigenvalue weighted by Gasteiger charge is 2.51. The Kier molecular flexibility index (Phi) is 7.31. The van der Waals surface area contributed by atoms with Crippen molar-refractivity contribution in [1.82, 2.24) is 30.2 Å². The lowest BCUT2D eigenvalue weighted by molar-refractivity contribution is -0.172. The number of urea groups is 1. The van der Waals surface area contributed by atoms with Gasteiger partial charge in [-0.1, -0.05) is 27.7 Å². The van der Waals surface area contributed by atoms with E-state index in [2.05, 4.69) is 25.6 Å². The van der Waals surface area contributed by atoms with Gasteiger partial charge >= 0.3 is 18.0 Å². The number of amides is 2. The number of nitrogens with one attached hydrogen (secondary N) is 2. The van der Waals surface area contributed by atoms with Gasteiger partial charge in [0, 0.05) is 13.6 Å². The molecule has 180 valence electrons. The molecule has 33 heavy (non-hydrogen) atoms. The number of nitrogens with zero attached hydrogens (tertiary/aromatic N) is 4. The second kappa shape index (κ2) is 9.98. The summed E-state index contributed by atoms with van der Waals surface area (Å²) >= 11 is 0. The minimum Gasteiger partial charge on any atom is -0.455 e. The molecule has 13 heteroatoms. The van der Waals surface area contributed by atoms with Crippen molar-refractivity contribution in [3.63, 3.8) is 0 Å².